The minimum atomic E-state index is -0.787. The van der Waals surface area contributed by atoms with Gasteiger partial charge in [0.1, 0.15) is 11.4 Å². The van der Waals surface area contributed by atoms with Gasteiger partial charge in [0.05, 0.1) is 5.69 Å². The van der Waals surface area contributed by atoms with Crippen molar-refractivity contribution in [3.8, 4) is 33.8 Å². The van der Waals surface area contributed by atoms with Crippen LogP contribution in [0.3, 0.4) is 0 Å². The van der Waals surface area contributed by atoms with Crippen molar-refractivity contribution in [1.82, 2.24) is 9.97 Å². The fourth-order valence-electron chi connectivity index (χ4n) is 2.68. The number of hydrogen-bond acceptors (Lipinski definition) is 4. The van der Waals surface area contributed by atoms with Crippen molar-refractivity contribution < 1.29 is 0 Å². The lowest BCUT2D eigenvalue weighted by Gasteiger charge is -2.05. The lowest BCUT2D eigenvalue weighted by atomic mass is 9.99. The van der Waals surface area contributed by atoms with Crippen LogP contribution in [-0.2, 0) is 0 Å². The van der Waals surface area contributed by atoms with E-state index in [0.717, 1.165) is 11.1 Å². The molecule has 0 aromatic heterocycles. The molecule has 2 aromatic carbocycles. The van der Waals surface area contributed by atoms with E-state index in [1.165, 1.54) is 0 Å². The van der Waals surface area contributed by atoms with E-state index in [2.05, 4.69) is 9.97 Å². The summed E-state index contributed by atoms with van der Waals surface area (Å²) in [4.78, 5) is 31.9. The molecule has 4 rings (SSSR count). The maximum atomic E-state index is 12.0. The van der Waals surface area contributed by atoms with E-state index in [-0.39, 0.29) is 5.69 Å². The standard InChI is InChI=1S/C18H8Cl2N2O2/c19-11-5-1-9(2-6-11)13-14(10-3-7-12(20)8-4-10)21-16-15(13)22-18(24)17(16)23/h1-8H. The van der Waals surface area contributed by atoms with Gasteiger partial charge in [-0.05, 0) is 29.8 Å². The van der Waals surface area contributed by atoms with E-state index < -0.39 is 11.0 Å². The van der Waals surface area contributed by atoms with E-state index in [9.17, 15) is 9.59 Å². The molecule has 0 aliphatic carbocycles. The van der Waals surface area contributed by atoms with Gasteiger partial charge >= 0.3 is 5.56 Å². The predicted molar refractivity (Wildman–Crippen MR) is 94.5 cm³/mol. The Balaban J connectivity index is 2.04. The normalized spacial score (nSPS) is 11.2. The highest BCUT2D eigenvalue weighted by molar-refractivity contribution is 6.31. The Hall–Kier alpha value is -2.56. The van der Waals surface area contributed by atoms with Crippen LogP contribution in [0.4, 0.5) is 0 Å². The lowest BCUT2D eigenvalue weighted by Crippen LogP contribution is -2.19. The van der Waals surface area contributed by atoms with Gasteiger partial charge in [0, 0.05) is 21.2 Å². The molecule has 2 aromatic rings. The zero-order chi connectivity index (χ0) is 16.8. The lowest BCUT2D eigenvalue weighted by molar-refractivity contribution is 1.30. The number of nitrogens with zero attached hydrogens (tertiary/aromatic N) is 2. The van der Waals surface area contributed by atoms with E-state index >= 15 is 0 Å². The molecule has 0 N–H and O–H groups in total. The summed E-state index contributed by atoms with van der Waals surface area (Å²) in [6, 6.07) is 14.2. The number of hydrogen-bond donors (Lipinski definition) is 0. The average molecular weight is 355 g/mol. The van der Waals surface area contributed by atoms with E-state index in [4.69, 9.17) is 23.2 Å². The van der Waals surface area contributed by atoms with Gasteiger partial charge in [-0.25, -0.2) is 9.97 Å². The fourth-order valence-corrected chi connectivity index (χ4v) is 2.93. The third-order valence-electron chi connectivity index (χ3n) is 3.79. The number of halogens is 2. The topological polar surface area (TPSA) is 59.9 Å². The Morgan fingerprint density at radius 1 is 0.625 bits per heavy atom. The van der Waals surface area contributed by atoms with Gasteiger partial charge in [-0.15, -0.1) is 0 Å². The second kappa shape index (κ2) is 5.51. The average Bonchev–Trinajstić information content (AvgIpc) is 3.06. The van der Waals surface area contributed by atoms with Crippen LogP contribution in [0.15, 0.2) is 58.1 Å². The Morgan fingerprint density at radius 3 is 1.75 bits per heavy atom. The first-order valence-electron chi connectivity index (χ1n) is 7.07. The first-order chi connectivity index (χ1) is 11.5. The van der Waals surface area contributed by atoms with Gasteiger partial charge in [0.15, 0.2) is 0 Å². The van der Waals surface area contributed by atoms with E-state index in [1.54, 1.807) is 24.3 Å². The molecule has 0 fully saturated rings. The molecular weight excluding hydrogens is 347 g/mol. The fraction of sp³-hybridized carbons (Fsp3) is 0. The Bertz CT molecular complexity index is 1100. The van der Waals surface area contributed by atoms with Crippen LogP contribution in [0, 0.1) is 0 Å². The second-order valence-corrected chi connectivity index (χ2v) is 6.17. The first kappa shape index (κ1) is 15.0. The highest BCUT2D eigenvalue weighted by Crippen LogP contribution is 2.39. The molecule has 116 valence electrons. The summed E-state index contributed by atoms with van der Waals surface area (Å²) in [5.41, 5.74) is 1.74. The summed E-state index contributed by atoms with van der Waals surface area (Å²) in [5, 5.41) is 1.19. The van der Waals surface area contributed by atoms with Gasteiger partial charge in [-0.1, -0.05) is 47.5 Å². The second-order valence-electron chi connectivity index (χ2n) is 5.29. The van der Waals surface area contributed by atoms with Gasteiger partial charge in [-0.2, -0.15) is 0 Å². The molecule has 0 radical (unpaired) electrons. The summed E-state index contributed by atoms with van der Waals surface area (Å²) in [7, 11) is 0. The van der Waals surface area contributed by atoms with Crippen molar-refractivity contribution in [1.29, 1.82) is 0 Å². The van der Waals surface area contributed by atoms with Crippen LogP contribution in [0.2, 0.25) is 10.0 Å². The maximum Gasteiger partial charge on any atom is 0.320 e. The maximum absolute atomic E-state index is 12.0. The van der Waals surface area contributed by atoms with Crippen LogP contribution in [-0.4, -0.2) is 9.97 Å². The third-order valence-corrected chi connectivity index (χ3v) is 4.30. The highest BCUT2D eigenvalue weighted by atomic mass is 35.5. The Kier molecular flexibility index (Phi) is 3.44. The molecule has 0 amide bonds. The first-order valence-corrected chi connectivity index (χ1v) is 7.83. The van der Waals surface area contributed by atoms with Gasteiger partial charge in [0.2, 0.25) is 0 Å². The largest absolute Gasteiger partial charge is 0.320 e. The van der Waals surface area contributed by atoms with Crippen molar-refractivity contribution in [3.05, 3.63) is 79.2 Å². The summed E-state index contributed by atoms with van der Waals surface area (Å²) in [6.07, 6.45) is 0. The van der Waals surface area contributed by atoms with Gasteiger partial charge in [-0.3, -0.25) is 9.59 Å². The monoisotopic (exact) mass is 354 g/mol. The molecule has 0 saturated carbocycles. The third kappa shape index (κ3) is 2.31. The molecule has 2 aliphatic heterocycles. The van der Waals surface area contributed by atoms with Crippen molar-refractivity contribution in [2.75, 3.05) is 0 Å². The summed E-state index contributed by atoms with van der Waals surface area (Å²) in [6.45, 7) is 0. The summed E-state index contributed by atoms with van der Waals surface area (Å²) in [5.74, 6) is 0. The zero-order valence-electron chi connectivity index (χ0n) is 12.1. The molecule has 0 unspecified atom stereocenters. The van der Waals surface area contributed by atoms with Crippen molar-refractivity contribution in [3.63, 3.8) is 0 Å². The van der Waals surface area contributed by atoms with Crippen molar-refractivity contribution in [2.24, 2.45) is 0 Å². The Labute approximate surface area is 146 Å². The minimum Gasteiger partial charge on any atom is -0.281 e. The zero-order valence-corrected chi connectivity index (χ0v) is 13.6. The smallest absolute Gasteiger partial charge is 0.281 e. The molecule has 0 atom stereocenters. The van der Waals surface area contributed by atoms with Crippen molar-refractivity contribution in [2.45, 2.75) is 0 Å². The highest BCUT2D eigenvalue weighted by Gasteiger charge is 2.27. The van der Waals surface area contributed by atoms with Gasteiger partial charge in [0.25, 0.3) is 5.43 Å². The van der Waals surface area contributed by atoms with E-state index in [0.29, 0.717) is 27.0 Å². The van der Waals surface area contributed by atoms with Crippen LogP contribution >= 0.6 is 23.2 Å². The SMILES string of the molecule is O=c1nc2c(-c3ccc(Cl)cc3)c(-c3ccc(Cl)cc3)nc-2c1=O. The van der Waals surface area contributed by atoms with E-state index in [1.807, 2.05) is 24.3 Å². The molecule has 0 bridgehead atoms. The molecule has 4 nitrogen and oxygen atoms in total. The van der Waals surface area contributed by atoms with Crippen LogP contribution in [0.5, 0.6) is 0 Å². The quantitative estimate of drug-likeness (QED) is 0.513. The Morgan fingerprint density at radius 2 is 1.17 bits per heavy atom. The summed E-state index contributed by atoms with van der Waals surface area (Å²) >= 11 is 11.9. The molecule has 0 spiro atoms. The van der Waals surface area contributed by atoms with Crippen LogP contribution in [0.25, 0.3) is 33.8 Å². The number of rotatable bonds is 2. The minimum absolute atomic E-state index is 0.0925. The van der Waals surface area contributed by atoms with Crippen LogP contribution < -0.4 is 11.0 Å². The molecule has 6 heteroatoms. The molecule has 0 saturated heterocycles. The molecule has 24 heavy (non-hydrogen) atoms. The van der Waals surface area contributed by atoms with Crippen LogP contribution in [0.1, 0.15) is 0 Å². The van der Waals surface area contributed by atoms with Gasteiger partial charge < -0.3 is 0 Å². The number of benzene rings is 2. The summed E-state index contributed by atoms with van der Waals surface area (Å²) < 4.78 is 0. The predicted octanol–water partition coefficient (Wildman–Crippen LogP) is 3.82. The number of fused-ring (bicyclic) bond motifs is 1. The van der Waals surface area contributed by atoms with Crippen molar-refractivity contribution >= 4 is 23.2 Å². The molecule has 2 aliphatic rings. The molecular formula is C18H8Cl2N2O2. The molecule has 2 heterocycles. The number of aromatic nitrogens is 2.